The lowest BCUT2D eigenvalue weighted by Crippen LogP contribution is -2.35. The largest absolute Gasteiger partial charge is 0.504 e. The summed E-state index contributed by atoms with van der Waals surface area (Å²) in [5, 5.41) is 59.4. The highest BCUT2D eigenvalue weighted by atomic mass is 16.4. The van der Waals surface area contributed by atoms with Crippen LogP contribution in [0.1, 0.15) is 11.1 Å². The van der Waals surface area contributed by atoms with Gasteiger partial charge in [-0.1, -0.05) is 12.1 Å². The van der Waals surface area contributed by atoms with E-state index in [1.54, 1.807) is 26.2 Å². The van der Waals surface area contributed by atoms with Gasteiger partial charge in [0.15, 0.2) is 23.0 Å². The maximum atomic E-state index is 10.7. The predicted octanol–water partition coefficient (Wildman–Crippen LogP) is -1.85. The van der Waals surface area contributed by atoms with E-state index in [4.69, 9.17) is 20.4 Å². The van der Waals surface area contributed by atoms with E-state index in [1.165, 1.54) is 24.3 Å². The van der Waals surface area contributed by atoms with Crippen molar-refractivity contribution in [3.8, 4) is 23.0 Å². The van der Waals surface area contributed by atoms with Crippen molar-refractivity contribution in [3.05, 3.63) is 47.5 Å². The fraction of sp³-hybridized carbons (Fsp3) is 0.300. The van der Waals surface area contributed by atoms with Gasteiger partial charge in [-0.3, -0.25) is 9.59 Å². The van der Waals surface area contributed by atoms with Crippen molar-refractivity contribution in [2.45, 2.75) is 24.9 Å². The average Bonchev–Trinajstić information content (AvgIpc) is 2.69. The zero-order valence-corrected chi connectivity index (χ0v) is 18.0. The number of benzene rings is 2. The summed E-state index contributed by atoms with van der Waals surface area (Å²) < 4.78 is 0. The van der Waals surface area contributed by atoms with Crippen molar-refractivity contribution >= 4 is 11.9 Å². The first-order chi connectivity index (χ1) is 14.1. The first-order valence-electron chi connectivity index (χ1n) is 8.90. The highest BCUT2D eigenvalue weighted by molar-refractivity contribution is 5.74. The fourth-order valence-electron chi connectivity index (χ4n) is 2.49. The van der Waals surface area contributed by atoms with Crippen LogP contribution in [0.25, 0.3) is 0 Å². The van der Waals surface area contributed by atoms with E-state index in [9.17, 15) is 19.8 Å². The molecule has 2 rings (SSSR count). The molecule has 13 nitrogen and oxygen atoms in total. The van der Waals surface area contributed by atoms with E-state index in [0.717, 1.165) is 0 Å². The zero-order chi connectivity index (χ0) is 22.8. The number of carbonyl (C=O) groups is 2. The Bertz CT molecular complexity index is 806. The molecule has 0 saturated heterocycles. The maximum absolute atomic E-state index is 10.7. The smallest absolute Gasteiger partial charge is 0.321 e. The average molecular weight is 476 g/mol. The lowest BCUT2D eigenvalue weighted by Gasteiger charge is -2.11. The Balaban J connectivity index is -0.000000500. The van der Waals surface area contributed by atoms with Crippen LogP contribution in [0.2, 0.25) is 0 Å². The number of phenols is 4. The van der Waals surface area contributed by atoms with Crippen LogP contribution in [0.15, 0.2) is 36.4 Å². The molecular formula is C20H32N2O11. The second-order valence-electron chi connectivity index (χ2n) is 6.41. The van der Waals surface area contributed by atoms with Gasteiger partial charge < -0.3 is 57.7 Å². The summed E-state index contributed by atoms with van der Waals surface area (Å²) in [7, 11) is 3.11. The molecule has 2 aromatic rings. The molecule has 14 N–H and O–H groups in total. The summed E-state index contributed by atoms with van der Waals surface area (Å²) in [6, 6.07) is 7.11. The summed E-state index contributed by atoms with van der Waals surface area (Å²) in [6.45, 7) is 0. The molecule has 0 aliphatic carbocycles. The Labute approximate surface area is 189 Å². The van der Waals surface area contributed by atoms with E-state index in [-0.39, 0.29) is 52.3 Å². The third kappa shape index (κ3) is 11.0. The molecular weight excluding hydrogens is 444 g/mol. The standard InChI is InChI=1S/2C10H13NO4.3H2O/c2*1-11-7(10(14)15)4-6-2-3-8(12)9(13)5-6;;;/h2*2-3,5,7,11-13H,4H2,1H3,(H,14,15);3*1H2/t2*7-;;;/m00.../s1. The van der Waals surface area contributed by atoms with Crippen molar-refractivity contribution in [1.29, 1.82) is 0 Å². The van der Waals surface area contributed by atoms with E-state index in [1.807, 2.05) is 0 Å². The number of phenolic OH excluding ortho intramolecular Hbond substituents is 4. The molecule has 2 aromatic carbocycles. The SMILES string of the molecule is CN[C@@H](Cc1ccc(O)c(O)c1)C(=O)O.CN[C@@H](Cc1ccc(O)c(O)c1)C(=O)O.O.O.O. The summed E-state index contributed by atoms with van der Waals surface area (Å²) >= 11 is 0. The van der Waals surface area contributed by atoms with Crippen LogP contribution in [-0.2, 0) is 22.4 Å². The first-order valence-corrected chi connectivity index (χ1v) is 8.90. The highest BCUT2D eigenvalue weighted by Gasteiger charge is 2.16. The van der Waals surface area contributed by atoms with E-state index < -0.39 is 24.0 Å². The molecule has 0 spiro atoms. The molecule has 33 heavy (non-hydrogen) atoms. The molecule has 0 aromatic heterocycles. The highest BCUT2D eigenvalue weighted by Crippen LogP contribution is 2.26. The number of carboxylic acids is 2. The Morgan fingerprint density at radius 1 is 0.667 bits per heavy atom. The topological polar surface area (TPSA) is 274 Å². The minimum atomic E-state index is -0.954. The van der Waals surface area contributed by atoms with Gasteiger partial charge in [-0.15, -0.1) is 0 Å². The van der Waals surface area contributed by atoms with Crippen LogP contribution in [0.5, 0.6) is 23.0 Å². The fourth-order valence-corrected chi connectivity index (χ4v) is 2.49. The number of aromatic hydroxyl groups is 4. The van der Waals surface area contributed by atoms with Crippen LogP contribution in [0.3, 0.4) is 0 Å². The zero-order valence-electron chi connectivity index (χ0n) is 18.0. The van der Waals surface area contributed by atoms with Crippen LogP contribution < -0.4 is 10.6 Å². The van der Waals surface area contributed by atoms with Crippen molar-refractivity contribution in [2.24, 2.45) is 0 Å². The lowest BCUT2D eigenvalue weighted by molar-refractivity contribution is -0.140. The monoisotopic (exact) mass is 476 g/mol. The number of likely N-dealkylation sites (N-methyl/N-ethyl adjacent to an activating group) is 2. The van der Waals surface area contributed by atoms with E-state index in [0.29, 0.717) is 11.1 Å². The van der Waals surface area contributed by atoms with Crippen molar-refractivity contribution in [3.63, 3.8) is 0 Å². The van der Waals surface area contributed by atoms with E-state index >= 15 is 0 Å². The van der Waals surface area contributed by atoms with Crippen molar-refractivity contribution in [1.82, 2.24) is 10.6 Å². The quantitative estimate of drug-likeness (QED) is 0.197. The predicted molar refractivity (Wildman–Crippen MR) is 119 cm³/mol. The second-order valence-corrected chi connectivity index (χ2v) is 6.41. The van der Waals surface area contributed by atoms with Crippen LogP contribution >= 0.6 is 0 Å². The molecule has 0 radical (unpaired) electrons. The molecule has 0 aliphatic rings. The summed E-state index contributed by atoms with van der Waals surface area (Å²) in [5.74, 6) is -2.82. The van der Waals surface area contributed by atoms with Gasteiger partial charge in [0.2, 0.25) is 0 Å². The number of hydrogen-bond donors (Lipinski definition) is 8. The Kier molecular flexibility index (Phi) is 16.6. The van der Waals surface area contributed by atoms with Crippen LogP contribution in [0, 0.1) is 0 Å². The van der Waals surface area contributed by atoms with Gasteiger partial charge in [0.1, 0.15) is 12.1 Å². The van der Waals surface area contributed by atoms with Gasteiger partial charge in [-0.2, -0.15) is 0 Å². The van der Waals surface area contributed by atoms with Crippen molar-refractivity contribution < 1.29 is 56.7 Å². The third-order valence-corrected chi connectivity index (χ3v) is 4.25. The second kappa shape index (κ2) is 16.1. The van der Waals surface area contributed by atoms with Crippen LogP contribution in [-0.4, -0.2) is 85.2 Å². The Hall–Kier alpha value is -3.62. The summed E-state index contributed by atoms with van der Waals surface area (Å²) in [4.78, 5) is 21.4. The van der Waals surface area contributed by atoms with Crippen LogP contribution in [0.4, 0.5) is 0 Å². The molecule has 0 unspecified atom stereocenters. The minimum Gasteiger partial charge on any atom is -0.504 e. The summed E-state index contributed by atoms with van der Waals surface area (Å²) in [5.41, 5.74) is 1.29. The van der Waals surface area contributed by atoms with Crippen molar-refractivity contribution in [2.75, 3.05) is 14.1 Å². The minimum absolute atomic E-state index is 0. The molecule has 0 bridgehead atoms. The molecule has 13 heteroatoms. The molecule has 0 amide bonds. The maximum Gasteiger partial charge on any atom is 0.321 e. The van der Waals surface area contributed by atoms with Gasteiger partial charge >= 0.3 is 11.9 Å². The molecule has 0 fully saturated rings. The van der Waals surface area contributed by atoms with Gasteiger partial charge in [0.05, 0.1) is 0 Å². The van der Waals surface area contributed by atoms with Gasteiger partial charge in [0, 0.05) is 0 Å². The molecule has 188 valence electrons. The normalized spacial score (nSPS) is 11.2. The summed E-state index contributed by atoms with van der Waals surface area (Å²) in [6.07, 6.45) is 0.499. The number of carboxylic acid groups (broad SMARTS) is 2. The number of rotatable bonds is 8. The molecule has 0 saturated carbocycles. The van der Waals surface area contributed by atoms with Gasteiger partial charge in [-0.25, -0.2) is 0 Å². The molecule has 2 atom stereocenters. The first kappa shape index (κ1) is 34.0. The third-order valence-electron chi connectivity index (χ3n) is 4.25. The Morgan fingerprint density at radius 2 is 0.970 bits per heavy atom. The number of hydrogen-bond acceptors (Lipinski definition) is 8. The van der Waals surface area contributed by atoms with Gasteiger partial charge in [-0.05, 0) is 62.3 Å². The number of aliphatic carboxylic acids is 2. The van der Waals surface area contributed by atoms with Gasteiger partial charge in [0.25, 0.3) is 0 Å². The lowest BCUT2D eigenvalue weighted by atomic mass is 10.1. The Morgan fingerprint density at radius 3 is 1.18 bits per heavy atom. The number of nitrogens with one attached hydrogen (secondary N) is 2. The molecule has 0 aliphatic heterocycles. The van der Waals surface area contributed by atoms with E-state index in [2.05, 4.69) is 10.6 Å². The molecule has 0 heterocycles.